The SMILES string of the molecule is C[C@H](c1ccccc1)[C@@H]1C[C@@H]1CO. The van der Waals surface area contributed by atoms with Gasteiger partial charge in [-0.2, -0.15) is 0 Å². The molecular formula is C12H16O. The molecule has 0 bridgehead atoms. The van der Waals surface area contributed by atoms with Crippen LogP contribution in [-0.4, -0.2) is 11.7 Å². The molecule has 1 heteroatoms. The lowest BCUT2D eigenvalue weighted by atomic mass is 9.95. The van der Waals surface area contributed by atoms with Gasteiger partial charge in [0.15, 0.2) is 0 Å². The lowest BCUT2D eigenvalue weighted by Crippen LogP contribution is -1.99. The van der Waals surface area contributed by atoms with E-state index in [2.05, 4.69) is 31.2 Å². The van der Waals surface area contributed by atoms with Gasteiger partial charge in [-0.1, -0.05) is 37.3 Å². The van der Waals surface area contributed by atoms with Crippen molar-refractivity contribution in [2.45, 2.75) is 19.3 Å². The van der Waals surface area contributed by atoms with Crippen LogP contribution in [0.5, 0.6) is 0 Å². The number of aliphatic hydroxyl groups is 1. The van der Waals surface area contributed by atoms with Gasteiger partial charge in [0.2, 0.25) is 0 Å². The molecule has 1 nitrogen and oxygen atoms in total. The molecule has 0 saturated heterocycles. The molecule has 13 heavy (non-hydrogen) atoms. The molecule has 3 atom stereocenters. The predicted octanol–water partition coefficient (Wildman–Crippen LogP) is 2.42. The zero-order chi connectivity index (χ0) is 9.26. The van der Waals surface area contributed by atoms with E-state index in [0.29, 0.717) is 24.4 Å². The van der Waals surface area contributed by atoms with E-state index in [1.165, 1.54) is 12.0 Å². The van der Waals surface area contributed by atoms with Crippen molar-refractivity contribution < 1.29 is 5.11 Å². The molecule has 1 aromatic rings. The van der Waals surface area contributed by atoms with Crippen LogP contribution in [0.3, 0.4) is 0 Å². The second-order valence-electron chi connectivity index (χ2n) is 4.04. The molecule has 0 amide bonds. The van der Waals surface area contributed by atoms with Crippen molar-refractivity contribution in [3.63, 3.8) is 0 Å². The van der Waals surface area contributed by atoms with Crippen LogP contribution in [0.15, 0.2) is 30.3 Å². The molecule has 1 aliphatic carbocycles. The third kappa shape index (κ3) is 1.75. The molecule has 1 aromatic carbocycles. The van der Waals surface area contributed by atoms with Crippen LogP contribution in [0.4, 0.5) is 0 Å². The Balaban J connectivity index is 2.03. The van der Waals surface area contributed by atoms with E-state index in [-0.39, 0.29) is 0 Å². The maximum atomic E-state index is 8.97. The molecule has 70 valence electrons. The summed E-state index contributed by atoms with van der Waals surface area (Å²) in [4.78, 5) is 0. The van der Waals surface area contributed by atoms with E-state index in [4.69, 9.17) is 5.11 Å². The van der Waals surface area contributed by atoms with Crippen LogP contribution in [0.2, 0.25) is 0 Å². The maximum Gasteiger partial charge on any atom is 0.0462 e. The Hall–Kier alpha value is -0.820. The Kier molecular flexibility index (Phi) is 2.36. The minimum absolute atomic E-state index is 0.363. The molecule has 1 N–H and O–H groups in total. The zero-order valence-corrected chi connectivity index (χ0v) is 7.98. The average Bonchev–Trinajstić information content (AvgIpc) is 2.97. The van der Waals surface area contributed by atoms with Crippen molar-refractivity contribution >= 4 is 0 Å². The number of aliphatic hydroxyl groups excluding tert-OH is 1. The third-order valence-electron chi connectivity index (χ3n) is 3.18. The highest BCUT2D eigenvalue weighted by Crippen LogP contribution is 2.47. The van der Waals surface area contributed by atoms with Crippen molar-refractivity contribution in [1.82, 2.24) is 0 Å². The first-order valence-corrected chi connectivity index (χ1v) is 4.98. The molecule has 0 aliphatic heterocycles. The minimum Gasteiger partial charge on any atom is -0.396 e. The topological polar surface area (TPSA) is 20.2 Å². The molecule has 0 aromatic heterocycles. The van der Waals surface area contributed by atoms with Crippen molar-refractivity contribution in [2.24, 2.45) is 11.8 Å². The van der Waals surface area contributed by atoms with Gasteiger partial charge in [0.05, 0.1) is 0 Å². The third-order valence-corrected chi connectivity index (χ3v) is 3.18. The van der Waals surface area contributed by atoms with Gasteiger partial charge in [-0.15, -0.1) is 0 Å². The minimum atomic E-state index is 0.363. The van der Waals surface area contributed by atoms with Crippen LogP contribution in [0.1, 0.15) is 24.8 Å². The Labute approximate surface area is 79.4 Å². The lowest BCUT2D eigenvalue weighted by molar-refractivity contribution is 0.265. The Morgan fingerprint density at radius 2 is 2.08 bits per heavy atom. The van der Waals surface area contributed by atoms with Gasteiger partial charge in [0.1, 0.15) is 0 Å². The second-order valence-corrected chi connectivity index (χ2v) is 4.04. The van der Waals surface area contributed by atoms with Crippen molar-refractivity contribution in [3.8, 4) is 0 Å². The summed E-state index contributed by atoms with van der Waals surface area (Å²) in [6.45, 7) is 2.62. The first kappa shape index (κ1) is 8.76. The van der Waals surface area contributed by atoms with E-state index < -0.39 is 0 Å². The van der Waals surface area contributed by atoms with E-state index in [1.54, 1.807) is 0 Å². The normalized spacial score (nSPS) is 28.5. The standard InChI is InChI=1S/C12H16O/c1-9(12-7-11(12)8-13)10-5-3-2-4-6-10/h2-6,9,11-13H,7-8H2,1H3/t9-,11-,12+/m1/s1. The number of rotatable bonds is 3. The monoisotopic (exact) mass is 176 g/mol. The molecule has 1 aliphatic rings. The fourth-order valence-electron chi connectivity index (χ4n) is 2.10. The highest BCUT2D eigenvalue weighted by atomic mass is 16.3. The highest BCUT2D eigenvalue weighted by molar-refractivity contribution is 5.21. The van der Waals surface area contributed by atoms with E-state index >= 15 is 0 Å². The largest absolute Gasteiger partial charge is 0.396 e. The zero-order valence-electron chi connectivity index (χ0n) is 7.98. The fraction of sp³-hybridized carbons (Fsp3) is 0.500. The summed E-state index contributed by atoms with van der Waals surface area (Å²) in [5, 5.41) is 8.97. The molecule has 0 spiro atoms. The molecule has 0 heterocycles. The van der Waals surface area contributed by atoms with E-state index in [1.807, 2.05) is 6.07 Å². The summed E-state index contributed by atoms with van der Waals surface area (Å²) in [5.74, 6) is 1.89. The molecule has 2 rings (SSSR count). The smallest absolute Gasteiger partial charge is 0.0462 e. The average molecular weight is 176 g/mol. The summed E-state index contributed by atoms with van der Waals surface area (Å²) in [6.07, 6.45) is 1.20. The summed E-state index contributed by atoms with van der Waals surface area (Å²) in [5.41, 5.74) is 1.41. The van der Waals surface area contributed by atoms with Gasteiger partial charge in [-0.05, 0) is 29.7 Å². The molecule has 1 saturated carbocycles. The van der Waals surface area contributed by atoms with Gasteiger partial charge >= 0.3 is 0 Å². The first-order chi connectivity index (χ1) is 6.33. The summed E-state index contributed by atoms with van der Waals surface area (Å²) >= 11 is 0. The highest BCUT2D eigenvalue weighted by Gasteiger charge is 2.40. The van der Waals surface area contributed by atoms with Crippen LogP contribution in [0.25, 0.3) is 0 Å². The van der Waals surface area contributed by atoms with E-state index in [0.717, 1.165) is 0 Å². The fourth-order valence-corrected chi connectivity index (χ4v) is 2.10. The second kappa shape index (κ2) is 3.51. The van der Waals surface area contributed by atoms with E-state index in [9.17, 15) is 0 Å². The molecule has 0 unspecified atom stereocenters. The Morgan fingerprint density at radius 1 is 1.38 bits per heavy atom. The van der Waals surface area contributed by atoms with Gasteiger partial charge in [-0.25, -0.2) is 0 Å². The number of benzene rings is 1. The van der Waals surface area contributed by atoms with Gasteiger partial charge in [-0.3, -0.25) is 0 Å². The number of hydrogen-bond donors (Lipinski definition) is 1. The quantitative estimate of drug-likeness (QED) is 0.750. The first-order valence-electron chi connectivity index (χ1n) is 4.98. The van der Waals surface area contributed by atoms with Crippen LogP contribution < -0.4 is 0 Å². The molecular weight excluding hydrogens is 160 g/mol. The molecule has 1 fully saturated rings. The summed E-state index contributed by atoms with van der Waals surface area (Å²) in [7, 11) is 0. The Bertz CT molecular complexity index is 268. The van der Waals surface area contributed by atoms with Crippen LogP contribution in [0, 0.1) is 11.8 Å². The van der Waals surface area contributed by atoms with Crippen LogP contribution >= 0.6 is 0 Å². The molecule has 0 radical (unpaired) electrons. The lowest BCUT2D eigenvalue weighted by Gasteiger charge is -2.10. The number of hydrogen-bond acceptors (Lipinski definition) is 1. The van der Waals surface area contributed by atoms with Gasteiger partial charge < -0.3 is 5.11 Å². The Morgan fingerprint density at radius 3 is 2.62 bits per heavy atom. The van der Waals surface area contributed by atoms with Crippen molar-refractivity contribution in [2.75, 3.05) is 6.61 Å². The van der Waals surface area contributed by atoms with Crippen molar-refractivity contribution in [1.29, 1.82) is 0 Å². The van der Waals surface area contributed by atoms with Gasteiger partial charge in [0.25, 0.3) is 0 Å². The summed E-state index contributed by atoms with van der Waals surface area (Å²) < 4.78 is 0. The van der Waals surface area contributed by atoms with Gasteiger partial charge in [0, 0.05) is 6.61 Å². The van der Waals surface area contributed by atoms with Crippen LogP contribution in [-0.2, 0) is 0 Å². The predicted molar refractivity (Wildman–Crippen MR) is 53.5 cm³/mol. The summed E-state index contributed by atoms with van der Waals surface area (Å²) in [6, 6.07) is 10.6. The van der Waals surface area contributed by atoms with Crippen molar-refractivity contribution in [3.05, 3.63) is 35.9 Å². The maximum absolute atomic E-state index is 8.97.